The van der Waals surface area contributed by atoms with Crippen LogP contribution in [0.3, 0.4) is 0 Å². The van der Waals surface area contributed by atoms with Crippen molar-refractivity contribution in [1.82, 2.24) is 10.2 Å². The maximum Gasteiger partial charge on any atom is 0.353 e. The van der Waals surface area contributed by atoms with Gasteiger partial charge in [0.2, 0.25) is 0 Å². The van der Waals surface area contributed by atoms with Gasteiger partial charge < -0.3 is 9.84 Å². The molecule has 0 spiro atoms. The van der Waals surface area contributed by atoms with Crippen LogP contribution in [0.5, 0.6) is 5.75 Å². The number of nitrogens with zero attached hydrogens (tertiary/aromatic N) is 1. The molecule has 3 aromatic rings. The first-order valence-electron chi connectivity index (χ1n) is 8.26. The minimum Gasteiger partial charge on any atom is -0.488 e. The van der Waals surface area contributed by atoms with Crippen LogP contribution in [0.4, 0.5) is 0 Å². The maximum atomic E-state index is 11.1. The van der Waals surface area contributed by atoms with Crippen LogP contribution >= 0.6 is 0 Å². The molecule has 1 aromatic heterocycles. The molecule has 2 aromatic carbocycles. The minimum absolute atomic E-state index is 0.0601. The number of ether oxygens (including phenoxy) is 1. The molecule has 0 fully saturated rings. The number of hydrogen-bond acceptors (Lipinski definition) is 3. The van der Waals surface area contributed by atoms with E-state index in [0.29, 0.717) is 18.1 Å². The monoisotopic (exact) mass is 336 g/mol. The van der Waals surface area contributed by atoms with Crippen LogP contribution in [-0.4, -0.2) is 21.3 Å². The SMILES string of the molecule is CCCc1ccc(OCc2ccccc2)c(-c2cc(C(=O)O)[nH]n2)c1. The first kappa shape index (κ1) is 16.8. The van der Waals surface area contributed by atoms with Crippen molar-refractivity contribution in [3.8, 4) is 17.0 Å². The summed E-state index contributed by atoms with van der Waals surface area (Å²) in [4.78, 5) is 11.1. The molecule has 0 saturated carbocycles. The van der Waals surface area contributed by atoms with Crippen LogP contribution in [-0.2, 0) is 13.0 Å². The molecule has 0 saturated heterocycles. The van der Waals surface area contributed by atoms with Crippen molar-refractivity contribution in [2.24, 2.45) is 0 Å². The normalized spacial score (nSPS) is 10.6. The van der Waals surface area contributed by atoms with Crippen molar-refractivity contribution in [3.05, 3.63) is 71.4 Å². The molecular weight excluding hydrogens is 316 g/mol. The summed E-state index contributed by atoms with van der Waals surface area (Å²) >= 11 is 0. The largest absolute Gasteiger partial charge is 0.488 e. The Balaban J connectivity index is 1.91. The van der Waals surface area contributed by atoms with Crippen molar-refractivity contribution in [1.29, 1.82) is 0 Å². The van der Waals surface area contributed by atoms with Crippen LogP contribution in [0.15, 0.2) is 54.6 Å². The van der Waals surface area contributed by atoms with Crippen LogP contribution in [0.25, 0.3) is 11.3 Å². The fourth-order valence-electron chi connectivity index (χ4n) is 2.65. The number of rotatable bonds is 7. The number of benzene rings is 2. The molecule has 0 unspecified atom stereocenters. The highest BCUT2D eigenvalue weighted by molar-refractivity contribution is 5.87. The number of aromatic carboxylic acids is 1. The lowest BCUT2D eigenvalue weighted by atomic mass is 10.0. The molecule has 0 aliphatic rings. The van der Waals surface area contributed by atoms with E-state index in [-0.39, 0.29) is 5.69 Å². The highest BCUT2D eigenvalue weighted by Crippen LogP contribution is 2.31. The second-order valence-corrected chi connectivity index (χ2v) is 5.83. The van der Waals surface area contributed by atoms with Gasteiger partial charge in [-0.15, -0.1) is 0 Å². The zero-order chi connectivity index (χ0) is 17.6. The molecule has 1 heterocycles. The zero-order valence-corrected chi connectivity index (χ0v) is 14.0. The Morgan fingerprint density at radius 1 is 1.12 bits per heavy atom. The fourth-order valence-corrected chi connectivity index (χ4v) is 2.65. The summed E-state index contributed by atoms with van der Waals surface area (Å²) in [7, 11) is 0. The standard InChI is InChI=1S/C20H20N2O3/c1-2-6-14-9-10-19(25-13-15-7-4-3-5-8-15)16(11-14)17-12-18(20(23)24)22-21-17/h3-5,7-12H,2,6,13H2,1H3,(H,21,22)(H,23,24). The van der Waals surface area contributed by atoms with E-state index >= 15 is 0 Å². The minimum atomic E-state index is -1.03. The molecule has 0 amide bonds. The molecular formula is C20H20N2O3. The Hall–Kier alpha value is -3.08. The van der Waals surface area contributed by atoms with Gasteiger partial charge in [-0.05, 0) is 35.7 Å². The van der Waals surface area contributed by atoms with Crippen LogP contribution in [0.1, 0.15) is 35.0 Å². The van der Waals surface area contributed by atoms with Gasteiger partial charge in [0.05, 0.1) is 5.69 Å². The van der Waals surface area contributed by atoms with Gasteiger partial charge >= 0.3 is 5.97 Å². The summed E-state index contributed by atoms with van der Waals surface area (Å²) in [5, 5.41) is 15.8. The van der Waals surface area contributed by atoms with E-state index in [1.165, 1.54) is 11.6 Å². The third-order valence-corrected chi connectivity index (χ3v) is 3.90. The second kappa shape index (κ2) is 7.66. The molecule has 25 heavy (non-hydrogen) atoms. The van der Waals surface area contributed by atoms with Gasteiger partial charge in [0.25, 0.3) is 0 Å². The highest BCUT2D eigenvalue weighted by atomic mass is 16.5. The summed E-state index contributed by atoms with van der Waals surface area (Å²) in [5.41, 5.74) is 3.66. The molecule has 0 radical (unpaired) electrons. The average molecular weight is 336 g/mol. The Morgan fingerprint density at radius 3 is 2.60 bits per heavy atom. The third-order valence-electron chi connectivity index (χ3n) is 3.90. The van der Waals surface area contributed by atoms with Gasteiger partial charge in [-0.2, -0.15) is 5.10 Å². The molecule has 2 N–H and O–H groups in total. The number of aromatic amines is 1. The van der Waals surface area contributed by atoms with Gasteiger partial charge in [0.1, 0.15) is 18.1 Å². The van der Waals surface area contributed by atoms with Crippen molar-refractivity contribution < 1.29 is 14.6 Å². The summed E-state index contributed by atoms with van der Waals surface area (Å²) in [6.07, 6.45) is 1.98. The van der Waals surface area contributed by atoms with Gasteiger partial charge in [-0.1, -0.05) is 49.7 Å². The summed E-state index contributed by atoms with van der Waals surface area (Å²) in [5.74, 6) is -0.345. The highest BCUT2D eigenvalue weighted by Gasteiger charge is 2.14. The molecule has 0 aliphatic heterocycles. The fraction of sp³-hybridized carbons (Fsp3) is 0.200. The van der Waals surface area contributed by atoms with Crippen molar-refractivity contribution in [2.75, 3.05) is 0 Å². The van der Waals surface area contributed by atoms with E-state index in [1.807, 2.05) is 48.5 Å². The number of H-pyrrole nitrogens is 1. The zero-order valence-electron chi connectivity index (χ0n) is 14.0. The molecule has 5 heteroatoms. The van der Waals surface area contributed by atoms with E-state index in [1.54, 1.807) is 0 Å². The topological polar surface area (TPSA) is 75.2 Å². The summed E-state index contributed by atoms with van der Waals surface area (Å²) in [6, 6.07) is 17.4. The Morgan fingerprint density at radius 2 is 1.92 bits per heavy atom. The lowest BCUT2D eigenvalue weighted by Crippen LogP contribution is -1.98. The van der Waals surface area contributed by atoms with E-state index in [9.17, 15) is 4.79 Å². The van der Waals surface area contributed by atoms with Gasteiger partial charge in [0, 0.05) is 5.56 Å². The van der Waals surface area contributed by atoms with E-state index in [2.05, 4.69) is 17.1 Å². The number of carboxylic acid groups (broad SMARTS) is 1. The number of carboxylic acids is 1. The Kier molecular flexibility index (Phi) is 5.14. The lowest BCUT2D eigenvalue weighted by Gasteiger charge is -2.12. The van der Waals surface area contributed by atoms with Crippen molar-refractivity contribution in [3.63, 3.8) is 0 Å². The number of nitrogens with one attached hydrogen (secondary N) is 1. The maximum absolute atomic E-state index is 11.1. The number of aromatic nitrogens is 2. The van der Waals surface area contributed by atoms with Crippen LogP contribution in [0, 0.1) is 0 Å². The third kappa shape index (κ3) is 4.07. The summed E-state index contributed by atoms with van der Waals surface area (Å²) < 4.78 is 5.98. The van der Waals surface area contributed by atoms with E-state index < -0.39 is 5.97 Å². The predicted molar refractivity (Wildman–Crippen MR) is 95.8 cm³/mol. The molecule has 128 valence electrons. The van der Waals surface area contributed by atoms with Crippen molar-refractivity contribution >= 4 is 5.97 Å². The number of hydrogen-bond donors (Lipinski definition) is 2. The number of aryl methyl sites for hydroxylation is 1. The van der Waals surface area contributed by atoms with Crippen LogP contribution in [0.2, 0.25) is 0 Å². The molecule has 0 bridgehead atoms. The lowest BCUT2D eigenvalue weighted by molar-refractivity contribution is 0.0690. The molecule has 5 nitrogen and oxygen atoms in total. The smallest absolute Gasteiger partial charge is 0.353 e. The average Bonchev–Trinajstić information content (AvgIpc) is 3.12. The first-order chi connectivity index (χ1) is 12.2. The molecule has 3 rings (SSSR count). The van der Waals surface area contributed by atoms with E-state index in [0.717, 1.165) is 24.0 Å². The molecule has 0 atom stereocenters. The Bertz CT molecular complexity index is 856. The molecule has 0 aliphatic carbocycles. The second-order valence-electron chi connectivity index (χ2n) is 5.83. The van der Waals surface area contributed by atoms with Gasteiger partial charge in [-0.25, -0.2) is 4.79 Å². The first-order valence-corrected chi connectivity index (χ1v) is 8.26. The predicted octanol–water partition coefficient (Wildman–Crippen LogP) is 4.31. The quantitative estimate of drug-likeness (QED) is 0.674. The summed E-state index contributed by atoms with van der Waals surface area (Å²) in [6.45, 7) is 2.56. The van der Waals surface area contributed by atoms with Crippen LogP contribution < -0.4 is 4.74 Å². The van der Waals surface area contributed by atoms with Gasteiger partial charge in [0.15, 0.2) is 0 Å². The van der Waals surface area contributed by atoms with Crippen molar-refractivity contribution in [2.45, 2.75) is 26.4 Å². The number of carbonyl (C=O) groups is 1. The van der Waals surface area contributed by atoms with E-state index in [4.69, 9.17) is 9.84 Å². The Labute approximate surface area is 146 Å². The van der Waals surface area contributed by atoms with Gasteiger partial charge in [-0.3, -0.25) is 5.10 Å².